The Bertz CT molecular complexity index is 999. The van der Waals surface area contributed by atoms with E-state index in [9.17, 15) is 9.90 Å². The topological polar surface area (TPSA) is 62.5 Å². The minimum absolute atomic E-state index is 0.0800. The average molecular weight is 377 g/mol. The summed E-state index contributed by atoms with van der Waals surface area (Å²) in [6.07, 6.45) is 3.29. The van der Waals surface area contributed by atoms with Crippen molar-refractivity contribution in [2.45, 2.75) is 12.0 Å². The molecular formula is C22H19NO3S. The van der Waals surface area contributed by atoms with Crippen LogP contribution in [0.25, 0.3) is 10.8 Å². The smallest absolute Gasteiger partial charge is 0.224 e. The number of benzene rings is 2. The van der Waals surface area contributed by atoms with Crippen molar-refractivity contribution in [1.82, 2.24) is 5.32 Å². The number of rotatable bonds is 6. The Labute approximate surface area is 161 Å². The molecule has 4 aromatic rings. The lowest BCUT2D eigenvalue weighted by Gasteiger charge is -2.26. The predicted molar refractivity (Wildman–Crippen MR) is 107 cm³/mol. The molecule has 0 aliphatic heterocycles. The van der Waals surface area contributed by atoms with Crippen molar-refractivity contribution in [2.75, 3.05) is 6.54 Å². The number of aliphatic hydroxyl groups is 1. The summed E-state index contributed by atoms with van der Waals surface area (Å²) in [6, 6.07) is 19.4. The summed E-state index contributed by atoms with van der Waals surface area (Å²) >= 11 is 1.44. The van der Waals surface area contributed by atoms with Gasteiger partial charge in [-0.3, -0.25) is 4.79 Å². The van der Waals surface area contributed by atoms with Crippen LogP contribution in [0.15, 0.2) is 83.0 Å². The Morgan fingerprint density at radius 2 is 1.93 bits per heavy atom. The molecule has 4 nitrogen and oxygen atoms in total. The monoisotopic (exact) mass is 377 g/mol. The highest BCUT2D eigenvalue weighted by molar-refractivity contribution is 7.10. The van der Waals surface area contributed by atoms with E-state index in [4.69, 9.17) is 4.42 Å². The molecule has 5 heteroatoms. The summed E-state index contributed by atoms with van der Waals surface area (Å²) in [5.74, 6) is -0.134. The molecule has 0 radical (unpaired) electrons. The van der Waals surface area contributed by atoms with Gasteiger partial charge in [-0.15, -0.1) is 11.3 Å². The first-order valence-electron chi connectivity index (χ1n) is 8.69. The molecule has 0 bridgehead atoms. The first kappa shape index (κ1) is 17.5. The molecule has 2 aromatic heterocycles. The lowest BCUT2D eigenvalue weighted by atomic mass is 9.94. The van der Waals surface area contributed by atoms with Crippen LogP contribution in [0.3, 0.4) is 0 Å². The Morgan fingerprint density at radius 1 is 1.07 bits per heavy atom. The van der Waals surface area contributed by atoms with E-state index in [2.05, 4.69) is 5.32 Å². The molecular weight excluding hydrogens is 358 g/mol. The molecule has 1 unspecified atom stereocenters. The third-order valence-corrected chi connectivity index (χ3v) is 5.72. The highest BCUT2D eigenvalue weighted by Gasteiger charge is 2.34. The number of amides is 1. The zero-order valence-corrected chi connectivity index (χ0v) is 15.4. The Kier molecular flexibility index (Phi) is 4.79. The number of hydrogen-bond acceptors (Lipinski definition) is 4. The summed E-state index contributed by atoms with van der Waals surface area (Å²) in [4.78, 5) is 13.4. The maximum absolute atomic E-state index is 12.6. The summed E-state index contributed by atoms with van der Waals surface area (Å²) < 4.78 is 5.14. The van der Waals surface area contributed by atoms with Crippen LogP contribution in [-0.4, -0.2) is 17.6 Å². The van der Waals surface area contributed by atoms with E-state index in [-0.39, 0.29) is 18.9 Å². The molecule has 0 spiro atoms. The molecule has 136 valence electrons. The van der Waals surface area contributed by atoms with Gasteiger partial charge in [-0.1, -0.05) is 48.5 Å². The SMILES string of the molecule is O=C(Cc1cccc2ccccc12)NCC(O)(c1ccoc1)c1cccs1. The maximum atomic E-state index is 12.6. The number of nitrogens with one attached hydrogen (secondary N) is 1. The van der Waals surface area contributed by atoms with E-state index in [1.165, 1.54) is 23.9 Å². The number of carbonyl (C=O) groups is 1. The van der Waals surface area contributed by atoms with E-state index in [1.807, 2.05) is 60.0 Å². The van der Waals surface area contributed by atoms with Crippen LogP contribution in [0.2, 0.25) is 0 Å². The van der Waals surface area contributed by atoms with Crippen LogP contribution in [0.1, 0.15) is 16.0 Å². The largest absolute Gasteiger partial charge is 0.472 e. The average Bonchev–Trinajstić information content (AvgIpc) is 3.41. The highest BCUT2D eigenvalue weighted by Crippen LogP contribution is 2.32. The van der Waals surface area contributed by atoms with Gasteiger partial charge in [0.1, 0.15) is 5.60 Å². The maximum Gasteiger partial charge on any atom is 0.224 e. The van der Waals surface area contributed by atoms with Gasteiger partial charge in [0, 0.05) is 10.4 Å². The second-order valence-electron chi connectivity index (χ2n) is 6.44. The summed E-state index contributed by atoms with van der Waals surface area (Å²) in [6.45, 7) is 0.0800. The summed E-state index contributed by atoms with van der Waals surface area (Å²) in [7, 11) is 0. The Morgan fingerprint density at radius 3 is 2.70 bits per heavy atom. The van der Waals surface area contributed by atoms with E-state index >= 15 is 0 Å². The Hall–Kier alpha value is -2.89. The quantitative estimate of drug-likeness (QED) is 0.532. The van der Waals surface area contributed by atoms with Crippen molar-refractivity contribution >= 4 is 28.0 Å². The lowest BCUT2D eigenvalue weighted by Crippen LogP contribution is -2.41. The molecule has 4 rings (SSSR count). The second-order valence-corrected chi connectivity index (χ2v) is 7.39. The first-order valence-corrected chi connectivity index (χ1v) is 9.57. The van der Waals surface area contributed by atoms with E-state index in [0.717, 1.165) is 21.2 Å². The Balaban J connectivity index is 1.52. The van der Waals surface area contributed by atoms with Crippen LogP contribution in [0.5, 0.6) is 0 Å². The molecule has 0 saturated carbocycles. The third kappa shape index (κ3) is 3.52. The highest BCUT2D eigenvalue weighted by atomic mass is 32.1. The van der Waals surface area contributed by atoms with Gasteiger partial charge in [-0.05, 0) is 33.8 Å². The molecule has 2 N–H and O–H groups in total. The van der Waals surface area contributed by atoms with Crippen molar-refractivity contribution in [1.29, 1.82) is 0 Å². The number of furan rings is 1. The molecule has 2 heterocycles. The van der Waals surface area contributed by atoms with Gasteiger partial charge in [0.2, 0.25) is 5.91 Å². The number of hydrogen-bond donors (Lipinski definition) is 2. The summed E-state index contributed by atoms with van der Waals surface area (Å²) in [5, 5.41) is 18.2. The molecule has 1 amide bonds. The fourth-order valence-corrected chi connectivity index (χ4v) is 4.10. The van der Waals surface area contributed by atoms with Crippen molar-refractivity contribution in [2.24, 2.45) is 0 Å². The van der Waals surface area contributed by atoms with E-state index < -0.39 is 5.60 Å². The lowest BCUT2D eigenvalue weighted by molar-refractivity contribution is -0.121. The summed E-state index contributed by atoms with van der Waals surface area (Å²) in [5.41, 5.74) is 0.277. The van der Waals surface area contributed by atoms with Crippen LogP contribution in [-0.2, 0) is 16.8 Å². The fourth-order valence-electron chi connectivity index (χ4n) is 3.25. The van der Waals surface area contributed by atoms with Crippen molar-refractivity contribution in [3.63, 3.8) is 0 Å². The number of thiophene rings is 1. The standard InChI is InChI=1S/C22H19NO3S/c24-21(13-17-7-3-6-16-5-1-2-8-19(16)17)23-15-22(25,18-10-11-26-14-18)20-9-4-12-27-20/h1-12,14,25H,13,15H2,(H,23,24). The minimum Gasteiger partial charge on any atom is -0.472 e. The van der Waals surface area contributed by atoms with Crippen LogP contribution >= 0.6 is 11.3 Å². The minimum atomic E-state index is -1.31. The predicted octanol–water partition coefficient (Wildman–Crippen LogP) is 4.09. The molecule has 27 heavy (non-hydrogen) atoms. The van der Waals surface area contributed by atoms with Crippen LogP contribution in [0.4, 0.5) is 0 Å². The van der Waals surface area contributed by atoms with Crippen molar-refractivity contribution in [3.8, 4) is 0 Å². The first-order chi connectivity index (χ1) is 13.2. The van der Waals surface area contributed by atoms with Gasteiger partial charge < -0.3 is 14.8 Å². The molecule has 2 aromatic carbocycles. The van der Waals surface area contributed by atoms with Crippen LogP contribution in [0, 0.1) is 0 Å². The molecule has 1 atom stereocenters. The van der Waals surface area contributed by atoms with Crippen LogP contribution < -0.4 is 5.32 Å². The normalized spacial score (nSPS) is 13.4. The zero-order chi connectivity index (χ0) is 18.7. The van der Waals surface area contributed by atoms with Gasteiger partial charge in [0.15, 0.2) is 0 Å². The second kappa shape index (κ2) is 7.39. The fraction of sp³-hybridized carbons (Fsp3) is 0.136. The van der Waals surface area contributed by atoms with Gasteiger partial charge in [0.25, 0.3) is 0 Å². The molecule has 0 aliphatic carbocycles. The van der Waals surface area contributed by atoms with Gasteiger partial charge in [-0.25, -0.2) is 0 Å². The van der Waals surface area contributed by atoms with Crippen molar-refractivity contribution in [3.05, 3.63) is 94.6 Å². The molecule has 0 aliphatic rings. The zero-order valence-electron chi connectivity index (χ0n) is 14.6. The molecule has 0 fully saturated rings. The molecule has 0 saturated heterocycles. The van der Waals surface area contributed by atoms with Gasteiger partial charge >= 0.3 is 0 Å². The third-order valence-electron chi connectivity index (χ3n) is 4.70. The van der Waals surface area contributed by atoms with E-state index in [1.54, 1.807) is 6.07 Å². The van der Waals surface area contributed by atoms with Gasteiger partial charge in [-0.2, -0.15) is 0 Å². The number of fused-ring (bicyclic) bond motifs is 1. The van der Waals surface area contributed by atoms with E-state index in [0.29, 0.717) is 5.56 Å². The van der Waals surface area contributed by atoms with Gasteiger partial charge in [0.05, 0.1) is 25.5 Å². The van der Waals surface area contributed by atoms with Crippen molar-refractivity contribution < 1.29 is 14.3 Å². The number of carbonyl (C=O) groups excluding carboxylic acids is 1.